The first kappa shape index (κ1) is 16.8. The van der Waals surface area contributed by atoms with E-state index in [1.165, 1.54) is 0 Å². The molecule has 2 heterocycles. The molecule has 1 aromatic carbocycles. The van der Waals surface area contributed by atoms with E-state index in [0.717, 1.165) is 18.5 Å². The van der Waals surface area contributed by atoms with Crippen LogP contribution in [0.5, 0.6) is 5.75 Å². The highest BCUT2D eigenvalue weighted by Gasteiger charge is 2.19. The summed E-state index contributed by atoms with van der Waals surface area (Å²) in [4.78, 5) is 27.9. The summed E-state index contributed by atoms with van der Waals surface area (Å²) < 4.78 is 5.68. The lowest BCUT2D eigenvalue weighted by Gasteiger charge is -2.16. The minimum absolute atomic E-state index is 0.104. The van der Waals surface area contributed by atoms with Gasteiger partial charge in [0.15, 0.2) is 0 Å². The van der Waals surface area contributed by atoms with Crippen LogP contribution in [-0.4, -0.2) is 35.5 Å². The number of hydrogen-bond acceptors (Lipinski definition) is 4. The van der Waals surface area contributed by atoms with Gasteiger partial charge in [-0.2, -0.15) is 5.26 Å². The zero-order valence-electron chi connectivity index (χ0n) is 14.0. The van der Waals surface area contributed by atoms with E-state index in [0.29, 0.717) is 36.6 Å². The molecule has 6 heteroatoms. The summed E-state index contributed by atoms with van der Waals surface area (Å²) in [5.74, 6) is 0.878. The Hall–Kier alpha value is -3.07. The summed E-state index contributed by atoms with van der Waals surface area (Å²) in [6.07, 6.45) is 1.55. The standard InChI is InChI=1S/C19H19N3O3/c1-13-11-16(17(12-20)19(24)21-13)14-4-6-15(7-5-14)25-10-9-22-8-2-3-18(22)23/h4-7,11H,2-3,8-10H2,1H3,(H,21,24). The lowest BCUT2D eigenvalue weighted by Crippen LogP contribution is -2.29. The first-order valence-corrected chi connectivity index (χ1v) is 8.23. The quantitative estimate of drug-likeness (QED) is 0.906. The number of H-pyrrole nitrogens is 1. The van der Waals surface area contributed by atoms with Crippen molar-refractivity contribution in [1.29, 1.82) is 5.26 Å². The molecule has 0 aliphatic carbocycles. The average molecular weight is 337 g/mol. The molecule has 0 unspecified atom stereocenters. The van der Waals surface area contributed by atoms with Gasteiger partial charge in [0.2, 0.25) is 5.91 Å². The third-order valence-electron chi connectivity index (χ3n) is 4.25. The second kappa shape index (κ2) is 7.22. The molecule has 0 spiro atoms. The van der Waals surface area contributed by atoms with Gasteiger partial charge in [-0.05, 0) is 37.1 Å². The molecule has 1 aromatic heterocycles. The van der Waals surface area contributed by atoms with Crippen molar-refractivity contribution in [2.75, 3.05) is 19.7 Å². The smallest absolute Gasteiger partial charge is 0.266 e. The number of pyridine rings is 1. The number of carbonyl (C=O) groups is 1. The van der Waals surface area contributed by atoms with Crippen molar-refractivity contribution in [2.45, 2.75) is 19.8 Å². The number of aromatic nitrogens is 1. The highest BCUT2D eigenvalue weighted by molar-refractivity contribution is 5.78. The Morgan fingerprint density at radius 2 is 2.04 bits per heavy atom. The SMILES string of the molecule is Cc1cc(-c2ccc(OCCN3CCCC3=O)cc2)c(C#N)c(=O)[nH]1. The maximum Gasteiger partial charge on any atom is 0.266 e. The summed E-state index contributed by atoms with van der Waals surface area (Å²) in [5.41, 5.74) is 1.82. The Morgan fingerprint density at radius 1 is 1.28 bits per heavy atom. The van der Waals surface area contributed by atoms with Crippen LogP contribution in [0.25, 0.3) is 11.1 Å². The zero-order valence-corrected chi connectivity index (χ0v) is 14.0. The van der Waals surface area contributed by atoms with Gasteiger partial charge >= 0.3 is 0 Å². The highest BCUT2D eigenvalue weighted by atomic mass is 16.5. The fraction of sp³-hybridized carbons (Fsp3) is 0.316. The van der Waals surface area contributed by atoms with E-state index >= 15 is 0 Å². The number of carbonyl (C=O) groups excluding carboxylic acids is 1. The molecule has 0 radical (unpaired) electrons. The van der Waals surface area contributed by atoms with Gasteiger partial charge in [0.1, 0.15) is 24.0 Å². The van der Waals surface area contributed by atoms with E-state index < -0.39 is 0 Å². The molecule has 3 rings (SSSR count). The van der Waals surface area contributed by atoms with Crippen LogP contribution in [0, 0.1) is 18.3 Å². The fourth-order valence-corrected chi connectivity index (χ4v) is 2.97. The molecule has 6 nitrogen and oxygen atoms in total. The van der Waals surface area contributed by atoms with E-state index in [-0.39, 0.29) is 17.0 Å². The van der Waals surface area contributed by atoms with Gasteiger partial charge < -0.3 is 14.6 Å². The predicted molar refractivity (Wildman–Crippen MR) is 93.3 cm³/mol. The van der Waals surface area contributed by atoms with E-state index in [9.17, 15) is 14.9 Å². The number of rotatable bonds is 5. The highest BCUT2D eigenvalue weighted by Crippen LogP contribution is 2.24. The molecule has 0 saturated carbocycles. The van der Waals surface area contributed by atoms with Crippen LogP contribution in [0.1, 0.15) is 24.1 Å². The van der Waals surface area contributed by atoms with Crippen molar-refractivity contribution in [1.82, 2.24) is 9.88 Å². The Morgan fingerprint density at radius 3 is 2.68 bits per heavy atom. The summed E-state index contributed by atoms with van der Waals surface area (Å²) in [5, 5.41) is 9.22. The molecule has 1 aliphatic rings. The number of likely N-dealkylation sites (tertiary alicyclic amines) is 1. The summed E-state index contributed by atoms with van der Waals surface area (Å²) >= 11 is 0. The van der Waals surface area contributed by atoms with Crippen LogP contribution in [-0.2, 0) is 4.79 Å². The third-order valence-corrected chi connectivity index (χ3v) is 4.25. The molecular formula is C19H19N3O3. The van der Waals surface area contributed by atoms with Crippen molar-refractivity contribution in [2.24, 2.45) is 0 Å². The second-order valence-electron chi connectivity index (χ2n) is 6.04. The Labute approximate surface area is 145 Å². The maximum atomic E-state index is 11.9. The van der Waals surface area contributed by atoms with Crippen LogP contribution in [0.3, 0.4) is 0 Å². The number of aromatic amines is 1. The van der Waals surface area contributed by atoms with Gasteiger partial charge in [-0.3, -0.25) is 9.59 Å². The molecule has 1 saturated heterocycles. The van der Waals surface area contributed by atoms with E-state index in [4.69, 9.17) is 4.74 Å². The van der Waals surface area contributed by atoms with Crippen LogP contribution in [0.2, 0.25) is 0 Å². The van der Waals surface area contributed by atoms with Crippen molar-refractivity contribution >= 4 is 5.91 Å². The van der Waals surface area contributed by atoms with Crippen LogP contribution in [0.4, 0.5) is 0 Å². The van der Waals surface area contributed by atoms with Gasteiger partial charge in [-0.15, -0.1) is 0 Å². The number of amides is 1. The zero-order chi connectivity index (χ0) is 17.8. The summed E-state index contributed by atoms with van der Waals surface area (Å²) in [6.45, 7) is 3.62. The molecule has 1 aliphatic heterocycles. The third kappa shape index (κ3) is 3.72. The molecule has 1 N–H and O–H groups in total. The Kier molecular flexibility index (Phi) is 4.85. The molecule has 2 aromatic rings. The molecular weight excluding hydrogens is 318 g/mol. The summed E-state index contributed by atoms with van der Waals surface area (Å²) in [7, 11) is 0. The van der Waals surface area contributed by atoms with Crippen molar-refractivity contribution < 1.29 is 9.53 Å². The monoisotopic (exact) mass is 337 g/mol. The number of aryl methyl sites for hydroxylation is 1. The fourth-order valence-electron chi connectivity index (χ4n) is 2.97. The molecule has 1 amide bonds. The van der Waals surface area contributed by atoms with Crippen LogP contribution < -0.4 is 10.3 Å². The minimum atomic E-state index is -0.381. The van der Waals surface area contributed by atoms with E-state index in [1.54, 1.807) is 25.1 Å². The molecule has 1 fully saturated rings. The Balaban J connectivity index is 1.70. The first-order chi connectivity index (χ1) is 12.1. The normalized spacial score (nSPS) is 13.8. The number of hydrogen-bond donors (Lipinski definition) is 1. The summed E-state index contributed by atoms with van der Waals surface area (Å²) in [6, 6.07) is 11.0. The largest absolute Gasteiger partial charge is 0.492 e. The van der Waals surface area contributed by atoms with Crippen LogP contribution >= 0.6 is 0 Å². The van der Waals surface area contributed by atoms with E-state index in [2.05, 4.69) is 4.98 Å². The number of nitrogens with zero attached hydrogens (tertiary/aromatic N) is 2. The first-order valence-electron chi connectivity index (χ1n) is 8.23. The van der Waals surface area contributed by atoms with Crippen LogP contribution in [0.15, 0.2) is 35.1 Å². The Bertz CT molecular complexity index is 878. The number of benzene rings is 1. The lowest BCUT2D eigenvalue weighted by molar-refractivity contribution is -0.128. The van der Waals surface area contributed by atoms with Crippen molar-refractivity contribution in [3.05, 3.63) is 51.9 Å². The minimum Gasteiger partial charge on any atom is -0.492 e. The molecule has 0 bridgehead atoms. The molecule has 128 valence electrons. The average Bonchev–Trinajstić information content (AvgIpc) is 3.00. The number of ether oxygens (including phenoxy) is 1. The number of nitrogens with one attached hydrogen (secondary N) is 1. The second-order valence-corrected chi connectivity index (χ2v) is 6.04. The van der Waals surface area contributed by atoms with Gasteiger partial charge in [0.25, 0.3) is 5.56 Å². The van der Waals surface area contributed by atoms with Gasteiger partial charge in [-0.1, -0.05) is 12.1 Å². The van der Waals surface area contributed by atoms with Gasteiger partial charge in [0.05, 0.1) is 6.54 Å². The predicted octanol–water partition coefficient (Wildman–Crippen LogP) is 2.22. The van der Waals surface area contributed by atoms with Crippen molar-refractivity contribution in [3.63, 3.8) is 0 Å². The molecule has 25 heavy (non-hydrogen) atoms. The number of nitriles is 1. The maximum absolute atomic E-state index is 11.9. The lowest BCUT2D eigenvalue weighted by atomic mass is 10.0. The van der Waals surface area contributed by atoms with E-state index in [1.807, 2.05) is 23.1 Å². The van der Waals surface area contributed by atoms with Crippen molar-refractivity contribution in [3.8, 4) is 22.9 Å². The van der Waals surface area contributed by atoms with Gasteiger partial charge in [-0.25, -0.2) is 0 Å². The topological polar surface area (TPSA) is 86.2 Å². The molecule has 0 atom stereocenters. The van der Waals surface area contributed by atoms with Gasteiger partial charge in [0, 0.05) is 24.2 Å².